The van der Waals surface area contributed by atoms with E-state index in [1.807, 2.05) is 54.6 Å². The van der Waals surface area contributed by atoms with Gasteiger partial charge in [-0.15, -0.1) is 0 Å². The number of H-pyrrole nitrogens is 2. The summed E-state index contributed by atoms with van der Waals surface area (Å²) in [6.07, 6.45) is 0. The molecule has 0 spiro atoms. The number of amides is 1. The first-order valence-electron chi connectivity index (χ1n) is 10.8. The van der Waals surface area contributed by atoms with Crippen LogP contribution in [0.5, 0.6) is 0 Å². The predicted octanol–water partition coefficient (Wildman–Crippen LogP) is 5.82. The Labute approximate surface area is 209 Å². The molecule has 0 aliphatic rings. The number of carbonyl (C=O) groups is 1. The van der Waals surface area contributed by atoms with Gasteiger partial charge in [-0.05, 0) is 65.7 Å². The number of nitrogens with one attached hydrogen (secondary N) is 4. The molecule has 0 atom stereocenters. The van der Waals surface area contributed by atoms with Crippen molar-refractivity contribution in [1.82, 2.24) is 15.3 Å². The maximum atomic E-state index is 12.9. The first kappa shape index (κ1) is 22.4. The predicted molar refractivity (Wildman–Crippen MR) is 143 cm³/mol. The molecule has 0 unspecified atom stereocenters. The highest BCUT2D eigenvalue weighted by Crippen LogP contribution is 2.23. The van der Waals surface area contributed by atoms with E-state index in [4.69, 9.17) is 0 Å². The Bertz CT molecular complexity index is 1570. The zero-order valence-corrected chi connectivity index (χ0v) is 20.0. The molecular formula is C27H20BrN5O2. The lowest BCUT2D eigenvalue weighted by atomic mass is 10.1. The summed E-state index contributed by atoms with van der Waals surface area (Å²) in [7, 11) is 0. The average Bonchev–Trinajstić information content (AvgIpc) is 3.24. The summed E-state index contributed by atoms with van der Waals surface area (Å²) in [5, 5.41) is 6.01. The van der Waals surface area contributed by atoms with Crippen LogP contribution >= 0.6 is 15.9 Å². The van der Waals surface area contributed by atoms with E-state index in [0.717, 1.165) is 15.6 Å². The molecule has 0 saturated carbocycles. The van der Waals surface area contributed by atoms with Crippen molar-refractivity contribution in [3.63, 3.8) is 0 Å². The molecule has 5 rings (SSSR count). The second-order valence-electron chi connectivity index (χ2n) is 7.80. The summed E-state index contributed by atoms with van der Waals surface area (Å²) < 4.78 is 0.883. The van der Waals surface area contributed by atoms with Gasteiger partial charge < -0.3 is 15.3 Å². The third kappa shape index (κ3) is 5.39. The first-order chi connectivity index (χ1) is 17.0. The van der Waals surface area contributed by atoms with E-state index in [0.29, 0.717) is 28.0 Å². The summed E-state index contributed by atoms with van der Waals surface area (Å²) in [4.78, 5) is 34.6. The molecular weight excluding hydrogens is 506 g/mol. The van der Waals surface area contributed by atoms with E-state index in [2.05, 4.69) is 41.5 Å². The first-order valence-corrected chi connectivity index (χ1v) is 11.6. The van der Waals surface area contributed by atoms with Crippen LogP contribution in [0.3, 0.4) is 0 Å². The molecule has 0 radical (unpaired) electrons. The van der Waals surface area contributed by atoms with Crippen LogP contribution in [0.2, 0.25) is 0 Å². The van der Waals surface area contributed by atoms with Crippen LogP contribution in [0, 0.1) is 0 Å². The second kappa shape index (κ2) is 9.82. The van der Waals surface area contributed by atoms with E-state index < -0.39 is 0 Å². The number of anilines is 1. The highest BCUT2D eigenvalue weighted by molar-refractivity contribution is 9.10. The fourth-order valence-electron chi connectivity index (χ4n) is 3.60. The summed E-state index contributed by atoms with van der Waals surface area (Å²) in [6, 6.07) is 30.2. The van der Waals surface area contributed by atoms with Crippen LogP contribution in [0.1, 0.15) is 10.4 Å². The number of fused-ring (bicyclic) bond motifs is 1. The van der Waals surface area contributed by atoms with Gasteiger partial charge in [0.15, 0.2) is 0 Å². The van der Waals surface area contributed by atoms with Crippen molar-refractivity contribution in [2.45, 2.75) is 0 Å². The van der Waals surface area contributed by atoms with Crippen LogP contribution in [-0.2, 0) is 0 Å². The number of aromatic nitrogens is 2. The minimum absolute atomic E-state index is 0.252. The smallest absolute Gasteiger partial charge is 0.323 e. The monoisotopic (exact) mass is 525 g/mol. The van der Waals surface area contributed by atoms with Crippen molar-refractivity contribution in [2.24, 2.45) is 4.99 Å². The number of hydrogen-bond donors (Lipinski definition) is 4. The largest absolute Gasteiger partial charge is 0.326 e. The SMILES string of the molecule is O=C(NC(=Nc1ccc(-c2ccccc2)cc1)Nc1ccc2[nH]c(=O)[nH]c2c1)c1ccc(Br)cc1. The van der Waals surface area contributed by atoms with Gasteiger partial charge in [0.05, 0.1) is 16.7 Å². The highest BCUT2D eigenvalue weighted by atomic mass is 79.9. The normalized spacial score (nSPS) is 11.4. The van der Waals surface area contributed by atoms with Crippen LogP contribution in [-0.4, -0.2) is 21.8 Å². The number of rotatable bonds is 4. The van der Waals surface area contributed by atoms with Crippen molar-refractivity contribution in [2.75, 3.05) is 5.32 Å². The van der Waals surface area contributed by atoms with Gasteiger partial charge in [0.1, 0.15) is 0 Å². The molecule has 0 bridgehead atoms. The number of carbonyl (C=O) groups excluding carboxylic acids is 1. The standard InChI is InChI=1S/C27H20BrN5O2/c28-20-10-6-19(7-11-20)25(34)33-26(30-22-14-15-23-24(16-22)32-27(35)31-23)29-21-12-8-18(9-13-21)17-4-2-1-3-5-17/h1-16H,(H2,31,32,35)(H2,29,30,33,34). The van der Waals surface area contributed by atoms with Crippen LogP contribution in [0.25, 0.3) is 22.2 Å². The zero-order chi connectivity index (χ0) is 24.2. The number of guanidine groups is 1. The minimum atomic E-state index is -0.305. The topological polar surface area (TPSA) is 102 Å². The number of benzene rings is 4. The molecule has 172 valence electrons. The molecule has 1 amide bonds. The third-order valence-electron chi connectivity index (χ3n) is 5.33. The molecule has 35 heavy (non-hydrogen) atoms. The number of aromatic amines is 2. The van der Waals surface area contributed by atoms with Crippen molar-refractivity contribution < 1.29 is 4.79 Å². The molecule has 0 aliphatic carbocycles. The van der Waals surface area contributed by atoms with Crippen LogP contribution < -0.4 is 16.3 Å². The summed E-state index contributed by atoms with van der Waals surface area (Å²) in [5.41, 5.74) is 5.04. The number of nitrogens with zero attached hydrogens (tertiary/aromatic N) is 1. The number of halogens is 1. The molecule has 7 nitrogen and oxygen atoms in total. The Morgan fingerprint density at radius 2 is 1.46 bits per heavy atom. The molecule has 1 heterocycles. The Morgan fingerprint density at radius 3 is 2.20 bits per heavy atom. The van der Waals surface area contributed by atoms with Gasteiger partial charge in [-0.1, -0.05) is 58.4 Å². The maximum Gasteiger partial charge on any atom is 0.323 e. The molecule has 0 saturated heterocycles. The van der Waals surface area contributed by atoms with E-state index >= 15 is 0 Å². The quantitative estimate of drug-likeness (QED) is 0.175. The Hall–Kier alpha value is -4.43. The number of aliphatic imine (C=N–C) groups is 1. The molecule has 0 fully saturated rings. The van der Waals surface area contributed by atoms with Gasteiger partial charge in [-0.25, -0.2) is 9.79 Å². The summed E-state index contributed by atoms with van der Waals surface area (Å²) in [6.45, 7) is 0. The van der Waals surface area contributed by atoms with E-state index in [9.17, 15) is 9.59 Å². The van der Waals surface area contributed by atoms with E-state index in [1.54, 1.807) is 42.5 Å². The molecule has 8 heteroatoms. The Morgan fingerprint density at radius 1 is 0.771 bits per heavy atom. The van der Waals surface area contributed by atoms with E-state index in [1.165, 1.54) is 0 Å². The van der Waals surface area contributed by atoms with E-state index in [-0.39, 0.29) is 17.6 Å². The van der Waals surface area contributed by atoms with Gasteiger partial charge >= 0.3 is 5.69 Å². The van der Waals surface area contributed by atoms with Crippen molar-refractivity contribution in [1.29, 1.82) is 0 Å². The fourth-order valence-corrected chi connectivity index (χ4v) is 3.87. The van der Waals surface area contributed by atoms with Gasteiger partial charge in [0.25, 0.3) is 5.91 Å². The summed E-state index contributed by atoms with van der Waals surface area (Å²) in [5.74, 6) is -0.0524. The highest BCUT2D eigenvalue weighted by Gasteiger charge is 2.11. The second-order valence-corrected chi connectivity index (χ2v) is 8.71. The fraction of sp³-hybridized carbons (Fsp3) is 0. The molecule has 4 aromatic carbocycles. The summed E-state index contributed by atoms with van der Waals surface area (Å²) >= 11 is 3.38. The Kier molecular flexibility index (Phi) is 6.28. The Balaban J connectivity index is 1.45. The maximum absolute atomic E-state index is 12.9. The van der Waals surface area contributed by atoms with Crippen molar-refractivity contribution >= 4 is 50.2 Å². The third-order valence-corrected chi connectivity index (χ3v) is 5.86. The van der Waals surface area contributed by atoms with Crippen molar-refractivity contribution in [3.05, 3.63) is 118 Å². The lowest BCUT2D eigenvalue weighted by Gasteiger charge is -2.12. The van der Waals surface area contributed by atoms with Gasteiger partial charge in [-0.2, -0.15) is 0 Å². The van der Waals surface area contributed by atoms with Gasteiger partial charge in [-0.3, -0.25) is 10.1 Å². The van der Waals surface area contributed by atoms with Crippen LogP contribution in [0.4, 0.5) is 11.4 Å². The lowest BCUT2D eigenvalue weighted by Crippen LogP contribution is -2.35. The van der Waals surface area contributed by atoms with Crippen LogP contribution in [0.15, 0.2) is 111 Å². The van der Waals surface area contributed by atoms with Gasteiger partial charge in [0, 0.05) is 15.7 Å². The number of hydrogen-bond acceptors (Lipinski definition) is 3. The average molecular weight is 526 g/mol. The molecule has 4 N–H and O–H groups in total. The van der Waals surface area contributed by atoms with Crippen molar-refractivity contribution in [3.8, 4) is 11.1 Å². The lowest BCUT2D eigenvalue weighted by molar-refractivity contribution is 0.0977. The minimum Gasteiger partial charge on any atom is -0.326 e. The van der Waals surface area contributed by atoms with Gasteiger partial charge in [0.2, 0.25) is 5.96 Å². The molecule has 5 aromatic rings. The number of imidazole rings is 1. The molecule has 1 aromatic heterocycles. The zero-order valence-electron chi connectivity index (χ0n) is 18.4. The molecule has 0 aliphatic heterocycles.